The van der Waals surface area contributed by atoms with Crippen LogP contribution < -0.4 is 11.4 Å². The highest BCUT2D eigenvalue weighted by Gasteiger charge is 2.17. The van der Waals surface area contributed by atoms with Gasteiger partial charge in [-0.25, -0.2) is 9.59 Å². The Morgan fingerprint density at radius 1 is 1.44 bits per heavy atom. The summed E-state index contributed by atoms with van der Waals surface area (Å²) in [5.74, 6) is -1.34. The molecule has 1 aromatic rings. The lowest BCUT2D eigenvalue weighted by atomic mass is 10.1. The molecule has 0 saturated heterocycles. The number of aryl methyl sites for hydroxylation is 2. The van der Waals surface area contributed by atoms with E-state index in [0.717, 1.165) is 0 Å². The molecule has 0 bridgehead atoms. The molecule has 1 rings (SSSR count). The van der Waals surface area contributed by atoms with Crippen LogP contribution in [0.4, 0.5) is 0 Å². The lowest BCUT2D eigenvalue weighted by Gasteiger charge is -2.06. The molecule has 0 spiro atoms. The van der Waals surface area contributed by atoms with Crippen LogP contribution in [0.3, 0.4) is 0 Å². The second-order valence-corrected chi connectivity index (χ2v) is 3.22. The highest BCUT2D eigenvalue weighted by atomic mass is 16.5. The summed E-state index contributed by atoms with van der Waals surface area (Å²) >= 11 is 0. The van der Waals surface area contributed by atoms with E-state index in [1.807, 2.05) is 0 Å². The number of carbonyl (C=O) groups is 2. The van der Waals surface area contributed by atoms with E-state index in [1.165, 1.54) is 13.0 Å². The van der Waals surface area contributed by atoms with Crippen LogP contribution in [-0.2, 0) is 9.53 Å². The lowest BCUT2D eigenvalue weighted by Crippen LogP contribution is -2.22. The van der Waals surface area contributed by atoms with Crippen molar-refractivity contribution in [2.24, 2.45) is 5.73 Å². The van der Waals surface area contributed by atoms with Crippen LogP contribution in [0.5, 0.6) is 0 Å². The summed E-state index contributed by atoms with van der Waals surface area (Å²) in [4.78, 5) is 32.9. The Balaban J connectivity index is 3.00. The summed E-state index contributed by atoms with van der Waals surface area (Å²) < 4.78 is 9.36. The predicted molar refractivity (Wildman–Crippen MR) is 53.9 cm³/mol. The molecule has 0 radical (unpaired) electrons. The Hall–Kier alpha value is -2.11. The molecule has 1 heterocycles. The van der Waals surface area contributed by atoms with Gasteiger partial charge in [0.15, 0.2) is 6.61 Å². The van der Waals surface area contributed by atoms with Gasteiger partial charge in [-0.3, -0.25) is 4.79 Å². The third-order valence-corrected chi connectivity index (χ3v) is 1.88. The van der Waals surface area contributed by atoms with E-state index >= 15 is 0 Å². The van der Waals surface area contributed by atoms with Crippen LogP contribution in [0.1, 0.15) is 21.7 Å². The van der Waals surface area contributed by atoms with Gasteiger partial charge in [0.1, 0.15) is 11.3 Å². The van der Waals surface area contributed by atoms with Gasteiger partial charge in [-0.2, -0.15) is 0 Å². The topological polar surface area (TPSA) is 99.6 Å². The van der Waals surface area contributed by atoms with E-state index in [2.05, 4.69) is 4.74 Å². The number of ether oxygens (including phenoxy) is 1. The Morgan fingerprint density at radius 2 is 2.06 bits per heavy atom. The minimum absolute atomic E-state index is 0.140. The Morgan fingerprint density at radius 3 is 2.56 bits per heavy atom. The van der Waals surface area contributed by atoms with Gasteiger partial charge in [0, 0.05) is 6.07 Å². The van der Waals surface area contributed by atoms with Gasteiger partial charge < -0.3 is 14.9 Å². The molecule has 0 atom stereocenters. The number of nitrogens with two attached hydrogens (primary N) is 1. The summed E-state index contributed by atoms with van der Waals surface area (Å²) in [7, 11) is 0. The summed E-state index contributed by atoms with van der Waals surface area (Å²) in [5.41, 5.74) is 4.86. The predicted octanol–water partition coefficient (Wildman–Crippen LogP) is -0.101. The molecule has 0 aliphatic rings. The largest absolute Gasteiger partial charge is 0.452 e. The van der Waals surface area contributed by atoms with E-state index < -0.39 is 24.1 Å². The smallest absolute Gasteiger partial charge is 0.342 e. The van der Waals surface area contributed by atoms with Gasteiger partial charge >= 0.3 is 11.6 Å². The lowest BCUT2D eigenvalue weighted by molar-refractivity contribution is -0.121. The first-order chi connectivity index (χ1) is 7.41. The number of carbonyl (C=O) groups excluding carboxylic acids is 2. The van der Waals surface area contributed by atoms with Crippen LogP contribution >= 0.6 is 0 Å². The van der Waals surface area contributed by atoms with Crippen LogP contribution in [-0.4, -0.2) is 18.5 Å². The van der Waals surface area contributed by atoms with Crippen LogP contribution in [0.25, 0.3) is 0 Å². The maximum Gasteiger partial charge on any atom is 0.342 e. The molecule has 0 aliphatic heterocycles. The van der Waals surface area contributed by atoms with Crippen molar-refractivity contribution in [1.82, 2.24) is 0 Å². The van der Waals surface area contributed by atoms with Crippen molar-refractivity contribution in [2.45, 2.75) is 13.8 Å². The fraction of sp³-hybridized carbons (Fsp3) is 0.300. The molecule has 0 aliphatic carbocycles. The molecule has 0 unspecified atom stereocenters. The first-order valence-corrected chi connectivity index (χ1v) is 4.48. The standard InChI is InChI=1S/C10H11NO5/c1-5-3-8(13)16-6(2)9(5)10(14)15-4-7(11)12/h3H,4H2,1-2H3,(H2,11,12). The van der Waals surface area contributed by atoms with Crippen molar-refractivity contribution in [3.05, 3.63) is 33.4 Å². The molecule has 86 valence electrons. The van der Waals surface area contributed by atoms with Crippen LogP contribution in [0, 0.1) is 13.8 Å². The van der Waals surface area contributed by atoms with E-state index in [0.29, 0.717) is 5.56 Å². The van der Waals surface area contributed by atoms with Gasteiger partial charge in [-0.15, -0.1) is 0 Å². The molecule has 0 saturated carbocycles. The Kier molecular flexibility index (Phi) is 3.44. The summed E-state index contributed by atoms with van der Waals surface area (Å²) in [5, 5.41) is 0. The molecule has 1 amide bonds. The maximum absolute atomic E-state index is 11.5. The van der Waals surface area contributed by atoms with Crippen molar-refractivity contribution in [3.63, 3.8) is 0 Å². The molecule has 1 aromatic heterocycles. The quantitative estimate of drug-likeness (QED) is 0.724. The minimum Gasteiger partial charge on any atom is -0.452 e. The number of hydrogen-bond donors (Lipinski definition) is 1. The Bertz CT molecular complexity index is 462. The highest BCUT2D eigenvalue weighted by Crippen LogP contribution is 2.11. The van der Waals surface area contributed by atoms with Crippen LogP contribution in [0.2, 0.25) is 0 Å². The molecular weight excluding hydrogens is 214 g/mol. The molecular formula is C10H11NO5. The highest BCUT2D eigenvalue weighted by molar-refractivity contribution is 5.93. The second-order valence-electron chi connectivity index (χ2n) is 3.22. The fourth-order valence-electron chi connectivity index (χ4n) is 1.27. The van der Waals surface area contributed by atoms with Gasteiger partial charge in [0.25, 0.3) is 5.91 Å². The van der Waals surface area contributed by atoms with E-state index in [4.69, 9.17) is 10.2 Å². The minimum atomic E-state index is -0.749. The molecule has 6 heteroatoms. The molecule has 16 heavy (non-hydrogen) atoms. The van der Waals surface area contributed by atoms with Crippen molar-refractivity contribution >= 4 is 11.9 Å². The zero-order valence-corrected chi connectivity index (χ0v) is 8.90. The third-order valence-electron chi connectivity index (χ3n) is 1.88. The molecule has 2 N–H and O–H groups in total. The number of rotatable bonds is 3. The first kappa shape index (κ1) is 12.0. The average molecular weight is 225 g/mol. The number of esters is 1. The first-order valence-electron chi connectivity index (χ1n) is 4.48. The van der Waals surface area contributed by atoms with Gasteiger partial charge in [-0.05, 0) is 19.4 Å². The monoisotopic (exact) mass is 225 g/mol. The molecule has 0 fully saturated rings. The number of primary amides is 1. The zero-order valence-electron chi connectivity index (χ0n) is 8.90. The third kappa shape index (κ3) is 2.69. The number of amides is 1. The van der Waals surface area contributed by atoms with Crippen LogP contribution in [0.15, 0.2) is 15.3 Å². The van der Waals surface area contributed by atoms with Gasteiger partial charge in [0.2, 0.25) is 0 Å². The molecule has 0 aromatic carbocycles. The normalized spacial score (nSPS) is 9.88. The van der Waals surface area contributed by atoms with Crippen molar-refractivity contribution in [3.8, 4) is 0 Å². The van der Waals surface area contributed by atoms with Crippen molar-refractivity contribution in [2.75, 3.05) is 6.61 Å². The average Bonchev–Trinajstić information content (AvgIpc) is 2.12. The fourth-order valence-corrected chi connectivity index (χ4v) is 1.27. The summed E-state index contributed by atoms with van der Waals surface area (Å²) in [6, 6.07) is 1.17. The summed E-state index contributed by atoms with van der Waals surface area (Å²) in [6.07, 6.45) is 0. The van der Waals surface area contributed by atoms with Gasteiger partial charge in [-0.1, -0.05) is 0 Å². The van der Waals surface area contributed by atoms with E-state index in [1.54, 1.807) is 6.92 Å². The van der Waals surface area contributed by atoms with Gasteiger partial charge in [0.05, 0.1) is 0 Å². The Labute approximate surface area is 91.0 Å². The SMILES string of the molecule is Cc1cc(=O)oc(C)c1C(=O)OCC(N)=O. The zero-order chi connectivity index (χ0) is 12.3. The van der Waals surface area contributed by atoms with Crippen molar-refractivity contribution in [1.29, 1.82) is 0 Å². The van der Waals surface area contributed by atoms with Crippen molar-refractivity contribution < 1.29 is 18.7 Å². The van der Waals surface area contributed by atoms with E-state index in [-0.39, 0.29) is 11.3 Å². The summed E-state index contributed by atoms with van der Waals surface area (Å²) in [6.45, 7) is 2.54. The molecule has 6 nitrogen and oxygen atoms in total. The second kappa shape index (κ2) is 4.61. The number of hydrogen-bond acceptors (Lipinski definition) is 5. The van der Waals surface area contributed by atoms with E-state index in [9.17, 15) is 14.4 Å². The maximum atomic E-state index is 11.5.